The quantitative estimate of drug-likeness (QED) is 0.923. The van der Waals surface area contributed by atoms with Gasteiger partial charge in [-0.05, 0) is 36.5 Å². The normalized spacial score (nSPS) is 18.3. The summed E-state index contributed by atoms with van der Waals surface area (Å²) in [6.07, 6.45) is 6.88. The number of hydrogen-bond donors (Lipinski definition) is 1. The Labute approximate surface area is 110 Å². The number of aromatic nitrogens is 2. The van der Waals surface area contributed by atoms with Gasteiger partial charge in [0.1, 0.15) is 11.9 Å². The van der Waals surface area contributed by atoms with Gasteiger partial charge in [0.15, 0.2) is 0 Å². The zero-order valence-electron chi connectivity index (χ0n) is 9.75. The molecule has 3 rings (SSSR count). The average Bonchev–Trinajstić information content (AvgIpc) is 3.24. The Kier molecular flexibility index (Phi) is 2.80. The van der Waals surface area contributed by atoms with E-state index in [0.29, 0.717) is 5.02 Å². The predicted octanol–water partition coefficient (Wildman–Crippen LogP) is 2.78. The third kappa shape index (κ3) is 1.89. The fraction of sp³-hybridized carbons (Fsp3) is 0.286. The standard InChI is InChI=1S/C14H13ClN2O/c15-13-5-3-11(4-6-13)14(18,10-1-2-10)12-7-16-9-17-8-12/h3-10,18H,1-2H2/t14-/m1/s1. The number of halogens is 1. The van der Waals surface area contributed by atoms with Crippen molar-refractivity contribution in [2.45, 2.75) is 18.4 Å². The largest absolute Gasteiger partial charge is 0.380 e. The van der Waals surface area contributed by atoms with Gasteiger partial charge in [0, 0.05) is 23.0 Å². The maximum Gasteiger partial charge on any atom is 0.120 e. The van der Waals surface area contributed by atoms with E-state index in [1.54, 1.807) is 24.5 Å². The van der Waals surface area contributed by atoms with Crippen LogP contribution >= 0.6 is 11.6 Å². The highest BCUT2D eigenvalue weighted by Gasteiger charge is 2.46. The number of rotatable bonds is 3. The third-order valence-corrected chi connectivity index (χ3v) is 3.71. The van der Waals surface area contributed by atoms with Gasteiger partial charge in [0.05, 0.1) is 0 Å². The SMILES string of the molecule is O[C@](c1ccc(Cl)cc1)(c1cncnc1)C1CC1. The van der Waals surface area contributed by atoms with Crippen LogP contribution in [0.4, 0.5) is 0 Å². The molecule has 1 saturated carbocycles. The Bertz CT molecular complexity index is 539. The fourth-order valence-electron chi connectivity index (χ4n) is 2.34. The Morgan fingerprint density at radius 3 is 2.22 bits per heavy atom. The van der Waals surface area contributed by atoms with Crippen LogP contribution in [0.15, 0.2) is 43.0 Å². The summed E-state index contributed by atoms with van der Waals surface area (Å²) in [5, 5.41) is 11.7. The minimum Gasteiger partial charge on any atom is -0.380 e. The first kappa shape index (κ1) is 11.6. The first-order valence-corrected chi connectivity index (χ1v) is 6.33. The summed E-state index contributed by atoms with van der Waals surface area (Å²) in [4.78, 5) is 8.01. The minimum atomic E-state index is -0.994. The molecule has 18 heavy (non-hydrogen) atoms. The van der Waals surface area contributed by atoms with E-state index >= 15 is 0 Å². The van der Waals surface area contributed by atoms with Gasteiger partial charge in [-0.25, -0.2) is 9.97 Å². The van der Waals surface area contributed by atoms with Gasteiger partial charge in [0.25, 0.3) is 0 Å². The molecule has 1 heterocycles. The Morgan fingerprint density at radius 1 is 1.06 bits per heavy atom. The van der Waals surface area contributed by atoms with Crippen LogP contribution in [0.2, 0.25) is 5.02 Å². The zero-order valence-corrected chi connectivity index (χ0v) is 10.5. The Balaban J connectivity index is 2.09. The zero-order chi connectivity index (χ0) is 12.6. The molecule has 0 unspecified atom stereocenters. The van der Waals surface area contributed by atoms with Crippen LogP contribution in [0.3, 0.4) is 0 Å². The van der Waals surface area contributed by atoms with Gasteiger partial charge < -0.3 is 5.11 Å². The van der Waals surface area contributed by atoms with E-state index in [4.69, 9.17) is 11.6 Å². The van der Waals surface area contributed by atoms with Gasteiger partial charge in [-0.15, -0.1) is 0 Å². The number of nitrogens with zero attached hydrogens (tertiary/aromatic N) is 2. The van der Waals surface area contributed by atoms with Crippen molar-refractivity contribution < 1.29 is 5.11 Å². The Hall–Kier alpha value is -1.45. The van der Waals surface area contributed by atoms with E-state index in [0.717, 1.165) is 24.0 Å². The molecule has 3 nitrogen and oxygen atoms in total. The van der Waals surface area contributed by atoms with Crippen molar-refractivity contribution in [2.75, 3.05) is 0 Å². The van der Waals surface area contributed by atoms with Gasteiger partial charge >= 0.3 is 0 Å². The van der Waals surface area contributed by atoms with Crippen LogP contribution in [0, 0.1) is 5.92 Å². The van der Waals surface area contributed by atoms with Crippen molar-refractivity contribution >= 4 is 11.6 Å². The maximum atomic E-state index is 11.1. The van der Waals surface area contributed by atoms with Crippen molar-refractivity contribution in [3.63, 3.8) is 0 Å². The third-order valence-electron chi connectivity index (χ3n) is 3.45. The van der Waals surface area contributed by atoms with Crippen molar-refractivity contribution in [3.05, 3.63) is 59.1 Å². The number of benzene rings is 1. The lowest BCUT2D eigenvalue weighted by Crippen LogP contribution is -2.30. The summed E-state index contributed by atoms with van der Waals surface area (Å²) < 4.78 is 0. The van der Waals surface area contributed by atoms with Crippen LogP contribution in [0.5, 0.6) is 0 Å². The highest BCUT2D eigenvalue weighted by molar-refractivity contribution is 6.30. The van der Waals surface area contributed by atoms with Crippen molar-refractivity contribution in [1.29, 1.82) is 0 Å². The highest BCUT2D eigenvalue weighted by atomic mass is 35.5. The van der Waals surface area contributed by atoms with E-state index in [1.807, 2.05) is 12.1 Å². The monoisotopic (exact) mass is 260 g/mol. The molecule has 0 radical (unpaired) electrons. The molecule has 1 aromatic heterocycles. The molecule has 0 bridgehead atoms. The molecule has 4 heteroatoms. The second kappa shape index (κ2) is 4.34. The van der Waals surface area contributed by atoms with E-state index in [9.17, 15) is 5.11 Å². The molecule has 1 N–H and O–H groups in total. The van der Waals surface area contributed by atoms with Crippen molar-refractivity contribution in [2.24, 2.45) is 5.92 Å². The van der Waals surface area contributed by atoms with Gasteiger partial charge in [0.2, 0.25) is 0 Å². The average molecular weight is 261 g/mol. The Morgan fingerprint density at radius 2 is 1.67 bits per heavy atom. The summed E-state index contributed by atoms with van der Waals surface area (Å²) in [6, 6.07) is 7.34. The first-order valence-electron chi connectivity index (χ1n) is 5.95. The van der Waals surface area contributed by atoms with E-state index in [2.05, 4.69) is 9.97 Å². The molecule has 92 valence electrons. The van der Waals surface area contributed by atoms with Crippen LogP contribution in [0.25, 0.3) is 0 Å². The molecule has 1 aromatic carbocycles. The van der Waals surface area contributed by atoms with E-state index in [-0.39, 0.29) is 5.92 Å². The molecule has 2 aromatic rings. The minimum absolute atomic E-state index is 0.240. The number of hydrogen-bond acceptors (Lipinski definition) is 3. The van der Waals surface area contributed by atoms with Crippen LogP contribution in [-0.4, -0.2) is 15.1 Å². The summed E-state index contributed by atoms with van der Waals surface area (Å²) in [5.41, 5.74) is 0.602. The molecule has 0 aliphatic heterocycles. The van der Waals surface area contributed by atoms with Crippen molar-refractivity contribution in [1.82, 2.24) is 9.97 Å². The molecule has 0 amide bonds. The summed E-state index contributed by atoms with van der Waals surface area (Å²) >= 11 is 5.90. The van der Waals surface area contributed by atoms with Crippen LogP contribution < -0.4 is 0 Å². The summed E-state index contributed by atoms with van der Waals surface area (Å²) in [5.74, 6) is 0.240. The smallest absolute Gasteiger partial charge is 0.120 e. The molecule has 1 aliphatic rings. The predicted molar refractivity (Wildman–Crippen MR) is 69.2 cm³/mol. The lowest BCUT2D eigenvalue weighted by atomic mass is 9.83. The summed E-state index contributed by atoms with van der Waals surface area (Å²) in [6.45, 7) is 0. The molecule has 0 saturated heterocycles. The fourth-order valence-corrected chi connectivity index (χ4v) is 2.47. The molecule has 0 spiro atoms. The molecule has 1 atom stereocenters. The maximum absolute atomic E-state index is 11.1. The molecule has 1 aliphatic carbocycles. The second-order valence-corrected chi connectivity index (χ2v) is 5.11. The second-order valence-electron chi connectivity index (χ2n) is 4.67. The lowest BCUT2D eigenvalue weighted by Gasteiger charge is -2.28. The topological polar surface area (TPSA) is 46.0 Å². The van der Waals surface area contributed by atoms with Gasteiger partial charge in [-0.2, -0.15) is 0 Å². The van der Waals surface area contributed by atoms with E-state index in [1.165, 1.54) is 6.33 Å². The number of aliphatic hydroxyl groups is 1. The molecule has 1 fully saturated rings. The summed E-state index contributed by atoms with van der Waals surface area (Å²) in [7, 11) is 0. The van der Waals surface area contributed by atoms with Gasteiger partial charge in [-0.3, -0.25) is 0 Å². The van der Waals surface area contributed by atoms with Gasteiger partial charge in [-0.1, -0.05) is 23.7 Å². The van der Waals surface area contributed by atoms with Crippen molar-refractivity contribution in [3.8, 4) is 0 Å². The van der Waals surface area contributed by atoms with Crippen LogP contribution in [0.1, 0.15) is 24.0 Å². The molecular formula is C14H13ClN2O. The lowest BCUT2D eigenvalue weighted by molar-refractivity contribution is 0.0557. The first-order chi connectivity index (χ1) is 8.71. The van der Waals surface area contributed by atoms with E-state index < -0.39 is 5.60 Å². The molecular weight excluding hydrogens is 248 g/mol. The highest BCUT2D eigenvalue weighted by Crippen LogP contribution is 2.49. The van der Waals surface area contributed by atoms with Crippen LogP contribution in [-0.2, 0) is 5.60 Å².